The number of carbonyl (C=O) groups is 1. The average molecular weight is 419 g/mol. The molecule has 3 aromatic rings. The van der Waals surface area contributed by atoms with Gasteiger partial charge in [-0.1, -0.05) is 12.1 Å². The Kier molecular flexibility index (Phi) is 6.09. The molecule has 1 aliphatic rings. The highest BCUT2D eigenvalue weighted by Gasteiger charge is 2.15. The van der Waals surface area contributed by atoms with Gasteiger partial charge in [0.1, 0.15) is 11.5 Å². The van der Waals surface area contributed by atoms with E-state index in [1.807, 2.05) is 24.3 Å². The molecule has 8 heteroatoms. The fourth-order valence-corrected chi connectivity index (χ4v) is 3.28. The lowest BCUT2D eigenvalue weighted by molar-refractivity contribution is -0.384. The third-order valence-electron chi connectivity index (χ3n) is 4.91. The number of nitro groups is 1. The molecule has 1 heterocycles. The van der Waals surface area contributed by atoms with Crippen molar-refractivity contribution in [3.05, 3.63) is 88.5 Å². The Balaban J connectivity index is 1.45. The molecule has 0 spiro atoms. The number of nitro benzene ring substituents is 1. The van der Waals surface area contributed by atoms with Crippen LogP contribution in [0.2, 0.25) is 0 Å². The molecule has 0 radical (unpaired) electrons. The molecule has 0 unspecified atom stereocenters. The Morgan fingerprint density at radius 2 is 1.65 bits per heavy atom. The van der Waals surface area contributed by atoms with E-state index in [0.29, 0.717) is 36.0 Å². The van der Waals surface area contributed by atoms with Crippen molar-refractivity contribution >= 4 is 23.0 Å². The second-order valence-electron chi connectivity index (χ2n) is 6.95. The molecule has 1 saturated heterocycles. The van der Waals surface area contributed by atoms with E-state index in [1.54, 1.807) is 24.3 Å². The van der Waals surface area contributed by atoms with Crippen molar-refractivity contribution in [3.8, 4) is 11.5 Å². The summed E-state index contributed by atoms with van der Waals surface area (Å²) in [7, 11) is 0. The van der Waals surface area contributed by atoms with Gasteiger partial charge in [-0.15, -0.1) is 0 Å². The maximum Gasteiger partial charge on any atom is 0.269 e. The summed E-state index contributed by atoms with van der Waals surface area (Å²) < 4.78 is 11.2. The monoisotopic (exact) mass is 419 g/mol. The third-order valence-corrected chi connectivity index (χ3v) is 4.91. The standard InChI is InChI=1S/C23H21N3O5/c27-23(24-17-5-7-18(8-6-17)25-13-15-30-16-14-25)21-3-1-2-4-22(21)31-20-11-9-19(10-12-20)26(28)29/h1-12H,13-16H2,(H,24,27). The number of nitrogens with zero attached hydrogens (tertiary/aromatic N) is 2. The number of hydrogen-bond acceptors (Lipinski definition) is 6. The van der Waals surface area contributed by atoms with Crippen LogP contribution in [0.25, 0.3) is 0 Å². The van der Waals surface area contributed by atoms with Crippen molar-refractivity contribution in [1.29, 1.82) is 0 Å². The van der Waals surface area contributed by atoms with Crippen LogP contribution in [0, 0.1) is 10.1 Å². The molecule has 1 amide bonds. The molecule has 1 N–H and O–H groups in total. The fourth-order valence-electron chi connectivity index (χ4n) is 3.28. The zero-order chi connectivity index (χ0) is 21.6. The Hall–Kier alpha value is -3.91. The van der Waals surface area contributed by atoms with E-state index in [1.165, 1.54) is 24.3 Å². The number of hydrogen-bond donors (Lipinski definition) is 1. The predicted octanol–water partition coefficient (Wildman–Crippen LogP) is 4.48. The summed E-state index contributed by atoms with van der Waals surface area (Å²) >= 11 is 0. The van der Waals surface area contributed by atoms with Crippen molar-refractivity contribution in [2.75, 3.05) is 36.5 Å². The van der Waals surface area contributed by atoms with Gasteiger partial charge in [-0.3, -0.25) is 14.9 Å². The first-order valence-electron chi connectivity index (χ1n) is 9.85. The average Bonchev–Trinajstić information content (AvgIpc) is 2.81. The van der Waals surface area contributed by atoms with Gasteiger partial charge in [-0.2, -0.15) is 0 Å². The molecule has 3 aromatic carbocycles. The van der Waals surface area contributed by atoms with Crippen LogP contribution >= 0.6 is 0 Å². The van der Waals surface area contributed by atoms with E-state index >= 15 is 0 Å². The Bertz CT molecular complexity index is 1060. The van der Waals surface area contributed by atoms with Gasteiger partial charge < -0.3 is 19.7 Å². The zero-order valence-electron chi connectivity index (χ0n) is 16.7. The number of benzene rings is 3. The lowest BCUT2D eigenvalue weighted by Gasteiger charge is -2.28. The van der Waals surface area contributed by atoms with Gasteiger partial charge in [0.15, 0.2) is 0 Å². The third kappa shape index (κ3) is 4.99. The minimum atomic E-state index is -0.477. The molecule has 8 nitrogen and oxygen atoms in total. The van der Waals surface area contributed by atoms with Gasteiger partial charge >= 0.3 is 0 Å². The summed E-state index contributed by atoms with van der Waals surface area (Å²) in [5, 5.41) is 13.7. The molecule has 158 valence electrons. The summed E-state index contributed by atoms with van der Waals surface area (Å²) in [6.07, 6.45) is 0. The van der Waals surface area contributed by atoms with E-state index in [-0.39, 0.29) is 11.6 Å². The molecule has 0 bridgehead atoms. The van der Waals surface area contributed by atoms with Gasteiger partial charge in [0.2, 0.25) is 0 Å². The van der Waals surface area contributed by atoms with Crippen LogP contribution in [0.4, 0.5) is 17.1 Å². The molecule has 31 heavy (non-hydrogen) atoms. The number of para-hydroxylation sites is 1. The summed E-state index contributed by atoms with van der Waals surface area (Å²) in [6, 6.07) is 20.2. The van der Waals surface area contributed by atoms with Crippen LogP contribution in [0.1, 0.15) is 10.4 Å². The molecular weight excluding hydrogens is 398 g/mol. The van der Waals surface area contributed by atoms with E-state index in [2.05, 4.69) is 10.2 Å². The summed E-state index contributed by atoms with van der Waals surface area (Å²) in [4.78, 5) is 25.4. The highest BCUT2D eigenvalue weighted by molar-refractivity contribution is 6.06. The quantitative estimate of drug-likeness (QED) is 0.468. The van der Waals surface area contributed by atoms with Gasteiger partial charge in [-0.05, 0) is 48.5 Å². The normalized spacial score (nSPS) is 13.5. The van der Waals surface area contributed by atoms with Crippen molar-refractivity contribution < 1.29 is 19.2 Å². The smallest absolute Gasteiger partial charge is 0.269 e. The number of carbonyl (C=O) groups excluding carboxylic acids is 1. The fraction of sp³-hybridized carbons (Fsp3) is 0.174. The molecule has 0 aromatic heterocycles. The van der Waals surface area contributed by atoms with Crippen molar-refractivity contribution in [2.45, 2.75) is 0 Å². The van der Waals surface area contributed by atoms with Crippen LogP contribution in [-0.2, 0) is 4.74 Å². The van der Waals surface area contributed by atoms with Crippen molar-refractivity contribution in [1.82, 2.24) is 0 Å². The number of ether oxygens (including phenoxy) is 2. The number of anilines is 2. The van der Waals surface area contributed by atoms with Crippen molar-refractivity contribution in [3.63, 3.8) is 0 Å². The van der Waals surface area contributed by atoms with Crippen LogP contribution < -0.4 is 15.0 Å². The van der Waals surface area contributed by atoms with Gasteiger partial charge in [0.05, 0.1) is 23.7 Å². The first kappa shape index (κ1) is 20.4. The van der Waals surface area contributed by atoms with Crippen LogP contribution in [-0.4, -0.2) is 37.1 Å². The minimum Gasteiger partial charge on any atom is -0.457 e. The lowest BCUT2D eigenvalue weighted by Crippen LogP contribution is -2.36. The number of rotatable bonds is 6. The topological polar surface area (TPSA) is 93.9 Å². The van der Waals surface area contributed by atoms with Crippen molar-refractivity contribution in [2.24, 2.45) is 0 Å². The van der Waals surface area contributed by atoms with Crippen LogP contribution in [0.5, 0.6) is 11.5 Å². The number of morpholine rings is 1. The highest BCUT2D eigenvalue weighted by atomic mass is 16.6. The Labute approximate surface area is 179 Å². The van der Waals surface area contributed by atoms with E-state index in [0.717, 1.165) is 18.8 Å². The zero-order valence-corrected chi connectivity index (χ0v) is 16.7. The first-order chi connectivity index (χ1) is 15.1. The molecule has 0 atom stereocenters. The molecule has 1 fully saturated rings. The van der Waals surface area contributed by atoms with Gasteiger partial charge in [-0.25, -0.2) is 0 Å². The maximum atomic E-state index is 12.8. The van der Waals surface area contributed by atoms with Gasteiger partial charge in [0, 0.05) is 36.6 Å². The number of nitrogens with one attached hydrogen (secondary N) is 1. The van der Waals surface area contributed by atoms with E-state index < -0.39 is 4.92 Å². The summed E-state index contributed by atoms with van der Waals surface area (Å²) in [6.45, 7) is 3.12. The molecule has 0 aliphatic carbocycles. The SMILES string of the molecule is O=C(Nc1ccc(N2CCOCC2)cc1)c1ccccc1Oc1ccc([N+](=O)[O-])cc1. The second kappa shape index (κ2) is 9.27. The molecule has 0 saturated carbocycles. The Morgan fingerprint density at radius 3 is 2.32 bits per heavy atom. The summed E-state index contributed by atoms with van der Waals surface area (Å²) in [5.41, 5.74) is 2.09. The molecule has 4 rings (SSSR count). The highest BCUT2D eigenvalue weighted by Crippen LogP contribution is 2.28. The van der Waals surface area contributed by atoms with Crippen LogP contribution in [0.3, 0.4) is 0 Å². The van der Waals surface area contributed by atoms with E-state index in [4.69, 9.17) is 9.47 Å². The Morgan fingerprint density at radius 1 is 0.968 bits per heavy atom. The largest absolute Gasteiger partial charge is 0.457 e. The van der Waals surface area contributed by atoms with E-state index in [9.17, 15) is 14.9 Å². The number of amides is 1. The maximum absolute atomic E-state index is 12.8. The first-order valence-corrected chi connectivity index (χ1v) is 9.85. The number of non-ortho nitro benzene ring substituents is 1. The van der Waals surface area contributed by atoms with Crippen LogP contribution in [0.15, 0.2) is 72.8 Å². The summed E-state index contributed by atoms with van der Waals surface area (Å²) in [5.74, 6) is 0.455. The lowest BCUT2D eigenvalue weighted by atomic mass is 10.1. The molecule has 1 aliphatic heterocycles. The predicted molar refractivity (Wildman–Crippen MR) is 117 cm³/mol. The second-order valence-corrected chi connectivity index (χ2v) is 6.95. The minimum absolute atomic E-state index is 0.0288. The molecular formula is C23H21N3O5. The van der Waals surface area contributed by atoms with Gasteiger partial charge in [0.25, 0.3) is 11.6 Å².